The molecule has 0 saturated heterocycles. The van der Waals surface area contributed by atoms with Crippen LogP contribution in [-0.2, 0) is 0 Å². The van der Waals surface area contributed by atoms with Gasteiger partial charge in [-0.15, -0.1) is 0 Å². The molecule has 1 heterocycles. The van der Waals surface area contributed by atoms with Crippen molar-refractivity contribution in [3.8, 4) is 50.2 Å². The molecule has 0 amide bonds. The number of hydrogen-bond donors (Lipinski definition) is 0. The lowest BCUT2D eigenvalue weighted by Crippen LogP contribution is -2.13. The predicted octanol–water partition coefficient (Wildman–Crippen LogP) is 14.9. The number of benzene rings is 9. The number of para-hydroxylation sites is 3. The van der Waals surface area contributed by atoms with E-state index < -0.39 is 0 Å². The van der Waals surface area contributed by atoms with E-state index in [0.29, 0.717) is 0 Å². The summed E-state index contributed by atoms with van der Waals surface area (Å²) in [6.07, 6.45) is 0. The molecule has 0 unspecified atom stereocenters. The van der Waals surface area contributed by atoms with Gasteiger partial charge in [0.15, 0.2) is 0 Å². The van der Waals surface area contributed by atoms with E-state index in [-0.39, 0.29) is 0 Å². The van der Waals surface area contributed by atoms with Crippen molar-refractivity contribution in [3.05, 3.63) is 231 Å². The Bertz CT molecular complexity index is 2950. The first-order valence-electron chi connectivity index (χ1n) is 19.2. The highest BCUT2D eigenvalue weighted by molar-refractivity contribution is 6.17. The highest BCUT2D eigenvalue weighted by atomic mass is 15.2. The lowest BCUT2D eigenvalue weighted by atomic mass is 9.94. The van der Waals surface area contributed by atoms with Gasteiger partial charge in [0, 0.05) is 27.6 Å². The maximum atomic E-state index is 2.51. The van der Waals surface area contributed by atoms with Gasteiger partial charge in [0.2, 0.25) is 0 Å². The highest BCUT2D eigenvalue weighted by Crippen LogP contribution is 2.49. The first-order chi connectivity index (χ1) is 27.8. The monoisotopic (exact) mass is 714 g/mol. The third kappa shape index (κ3) is 5.95. The molecule has 0 aliphatic carbocycles. The van der Waals surface area contributed by atoms with Crippen LogP contribution < -0.4 is 4.90 Å². The third-order valence-electron chi connectivity index (χ3n) is 10.8. The van der Waals surface area contributed by atoms with Gasteiger partial charge in [0.05, 0.1) is 28.1 Å². The lowest BCUT2D eigenvalue weighted by Gasteiger charge is -2.31. The van der Waals surface area contributed by atoms with E-state index in [0.717, 1.165) is 50.5 Å². The first kappa shape index (κ1) is 33.2. The average Bonchev–Trinajstić information content (AvgIpc) is 3.63. The summed E-state index contributed by atoms with van der Waals surface area (Å²) in [6, 6.07) is 83.2. The van der Waals surface area contributed by atoms with E-state index in [1.807, 2.05) is 0 Å². The third-order valence-corrected chi connectivity index (χ3v) is 10.8. The molecule has 56 heavy (non-hydrogen) atoms. The average molecular weight is 715 g/mol. The molecule has 0 fully saturated rings. The van der Waals surface area contributed by atoms with Gasteiger partial charge in [-0.1, -0.05) is 176 Å². The molecule has 0 aliphatic heterocycles. The SMILES string of the molecule is c1ccc(-c2cccc(-c3ccccc3N(c3ccc(-c4ccccc4)cc3-c3ccccc3)c3cccc4c3c3ccccc3n4-c3ccccc3)c2)cc1. The molecule has 0 radical (unpaired) electrons. The number of aromatic nitrogens is 1. The molecule has 9 aromatic carbocycles. The van der Waals surface area contributed by atoms with Crippen LogP contribution in [0.1, 0.15) is 0 Å². The van der Waals surface area contributed by atoms with Gasteiger partial charge in [-0.2, -0.15) is 0 Å². The van der Waals surface area contributed by atoms with Crippen molar-refractivity contribution >= 4 is 38.9 Å². The standard InChI is InChI=1S/C54H38N2/c1-5-19-39(20-6-1)42-25-17-26-44(37-42)46-29-13-15-31-49(46)56(51-36-35-43(40-21-7-2-8-22-40)38-48(51)41-23-9-3-10-24-41)53-34-18-33-52-54(53)47-30-14-16-32-50(47)55(52)45-27-11-4-12-28-45/h1-38H. The molecular weight excluding hydrogens is 677 g/mol. The maximum Gasteiger partial charge on any atom is 0.0562 e. The van der Waals surface area contributed by atoms with Crippen molar-refractivity contribution < 1.29 is 0 Å². The Morgan fingerprint density at radius 2 is 0.786 bits per heavy atom. The van der Waals surface area contributed by atoms with Crippen molar-refractivity contribution in [2.45, 2.75) is 0 Å². The second-order valence-corrected chi connectivity index (χ2v) is 14.1. The predicted molar refractivity (Wildman–Crippen MR) is 237 cm³/mol. The topological polar surface area (TPSA) is 8.17 Å². The van der Waals surface area contributed by atoms with E-state index in [1.165, 1.54) is 38.5 Å². The van der Waals surface area contributed by atoms with Gasteiger partial charge in [-0.25, -0.2) is 0 Å². The van der Waals surface area contributed by atoms with Crippen molar-refractivity contribution in [2.24, 2.45) is 0 Å². The number of hydrogen-bond acceptors (Lipinski definition) is 1. The minimum absolute atomic E-state index is 1.10. The van der Waals surface area contributed by atoms with E-state index in [9.17, 15) is 0 Å². The van der Waals surface area contributed by atoms with Crippen LogP contribution in [0, 0.1) is 0 Å². The quantitative estimate of drug-likeness (QED) is 0.152. The molecule has 2 nitrogen and oxygen atoms in total. The van der Waals surface area contributed by atoms with Crippen molar-refractivity contribution in [2.75, 3.05) is 4.90 Å². The van der Waals surface area contributed by atoms with Gasteiger partial charge in [-0.05, 0) is 88.0 Å². The summed E-state index contributed by atoms with van der Waals surface area (Å²) >= 11 is 0. The Kier molecular flexibility index (Phi) is 8.55. The van der Waals surface area contributed by atoms with Crippen LogP contribution in [0.4, 0.5) is 17.1 Å². The summed E-state index contributed by atoms with van der Waals surface area (Å²) in [6.45, 7) is 0. The molecule has 1 aromatic heterocycles. The zero-order valence-corrected chi connectivity index (χ0v) is 30.8. The fraction of sp³-hybridized carbons (Fsp3) is 0. The van der Waals surface area contributed by atoms with E-state index in [1.54, 1.807) is 0 Å². The molecule has 10 rings (SSSR count). The largest absolute Gasteiger partial charge is 0.309 e. The summed E-state index contributed by atoms with van der Waals surface area (Å²) < 4.78 is 2.40. The van der Waals surface area contributed by atoms with E-state index >= 15 is 0 Å². The number of anilines is 3. The number of rotatable bonds is 8. The first-order valence-corrected chi connectivity index (χ1v) is 19.2. The van der Waals surface area contributed by atoms with E-state index in [2.05, 4.69) is 240 Å². The molecule has 2 heteroatoms. The van der Waals surface area contributed by atoms with Gasteiger partial charge < -0.3 is 9.47 Å². The smallest absolute Gasteiger partial charge is 0.0562 e. The van der Waals surface area contributed by atoms with Gasteiger partial charge in [0.25, 0.3) is 0 Å². The van der Waals surface area contributed by atoms with Gasteiger partial charge >= 0.3 is 0 Å². The Balaban J connectivity index is 1.29. The van der Waals surface area contributed by atoms with Crippen LogP contribution in [-0.4, -0.2) is 4.57 Å². The van der Waals surface area contributed by atoms with Crippen LogP contribution in [0.15, 0.2) is 231 Å². The van der Waals surface area contributed by atoms with Crippen molar-refractivity contribution in [3.63, 3.8) is 0 Å². The van der Waals surface area contributed by atoms with Crippen molar-refractivity contribution in [1.82, 2.24) is 4.57 Å². The highest BCUT2D eigenvalue weighted by Gasteiger charge is 2.25. The molecule has 264 valence electrons. The Hall–Kier alpha value is -7.42. The summed E-state index contributed by atoms with van der Waals surface area (Å²) in [4.78, 5) is 2.51. The Labute approximate surface area is 327 Å². The van der Waals surface area contributed by atoms with Crippen LogP contribution in [0.3, 0.4) is 0 Å². The normalized spacial score (nSPS) is 11.2. The molecule has 0 atom stereocenters. The molecule has 0 N–H and O–H groups in total. The maximum absolute atomic E-state index is 2.51. The summed E-state index contributed by atoms with van der Waals surface area (Å²) in [5, 5.41) is 2.41. The van der Waals surface area contributed by atoms with Gasteiger partial charge in [-0.3, -0.25) is 0 Å². The summed E-state index contributed by atoms with van der Waals surface area (Å²) in [7, 11) is 0. The lowest BCUT2D eigenvalue weighted by molar-refractivity contribution is 1.18. The fourth-order valence-electron chi connectivity index (χ4n) is 8.23. The van der Waals surface area contributed by atoms with E-state index in [4.69, 9.17) is 0 Å². The number of fused-ring (bicyclic) bond motifs is 3. The molecule has 0 aliphatic rings. The van der Waals surface area contributed by atoms with Crippen LogP contribution in [0.2, 0.25) is 0 Å². The van der Waals surface area contributed by atoms with Crippen LogP contribution in [0.5, 0.6) is 0 Å². The Morgan fingerprint density at radius 3 is 1.52 bits per heavy atom. The zero-order chi connectivity index (χ0) is 37.3. The van der Waals surface area contributed by atoms with Crippen molar-refractivity contribution in [1.29, 1.82) is 0 Å². The second-order valence-electron chi connectivity index (χ2n) is 14.1. The fourth-order valence-corrected chi connectivity index (χ4v) is 8.23. The molecule has 10 aromatic rings. The minimum atomic E-state index is 1.10. The molecule has 0 spiro atoms. The molecule has 0 bridgehead atoms. The van der Waals surface area contributed by atoms with Crippen LogP contribution >= 0.6 is 0 Å². The molecule has 0 saturated carbocycles. The summed E-state index contributed by atoms with van der Waals surface area (Å²) in [5.41, 5.74) is 16.2. The second kappa shape index (κ2) is 14.4. The Morgan fingerprint density at radius 1 is 0.286 bits per heavy atom. The van der Waals surface area contributed by atoms with Crippen LogP contribution in [0.25, 0.3) is 72.0 Å². The zero-order valence-electron chi connectivity index (χ0n) is 30.8. The number of nitrogens with zero attached hydrogens (tertiary/aromatic N) is 2. The van der Waals surface area contributed by atoms with Gasteiger partial charge in [0.1, 0.15) is 0 Å². The summed E-state index contributed by atoms with van der Waals surface area (Å²) in [5.74, 6) is 0. The minimum Gasteiger partial charge on any atom is -0.309 e. The molecular formula is C54H38N2.